The number of nitrogens with one attached hydrogen (secondary N) is 2. The topological polar surface area (TPSA) is 54.0 Å². The van der Waals surface area contributed by atoms with Crippen molar-refractivity contribution in [1.82, 2.24) is 4.98 Å². The number of aryl methyl sites for hydroxylation is 1. The van der Waals surface area contributed by atoms with Gasteiger partial charge in [-0.1, -0.05) is 6.07 Å². The van der Waals surface area contributed by atoms with E-state index in [4.69, 9.17) is 0 Å². The number of hydrogen-bond acceptors (Lipinski definition) is 2. The van der Waals surface area contributed by atoms with Gasteiger partial charge in [-0.05, 0) is 52.7 Å². The highest BCUT2D eigenvalue weighted by Crippen LogP contribution is 2.16. The molecule has 2 N–H and O–H groups in total. The number of nitrogens with zero attached hydrogens (tertiary/aromatic N) is 1. The lowest BCUT2D eigenvalue weighted by atomic mass is 10.2. The zero-order valence-corrected chi connectivity index (χ0v) is 11.7. The number of anilines is 2. The average molecular weight is 324 g/mol. The van der Waals surface area contributed by atoms with Crippen molar-refractivity contribution in [2.24, 2.45) is 0 Å². The molecule has 0 aliphatic heterocycles. The third-order valence-corrected chi connectivity index (χ3v) is 2.81. The van der Waals surface area contributed by atoms with Crippen LogP contribution in [0.5, 0.6) is 0 Å². The van der Waals surface area contributed by atoms with Crippen molar-refractivity contribution in [2.75, 3.05) is 10.6 Å². The van der Waals surface area contributed by atoms with Crippen LogP contribution in [-0.4, -0.2) is 11.0 Å². The minimum absolute atomic E-state index is 0.134. The first kappa shape index (κ1) is 13.5. The third kappa shape index (κ3) is 3.75. The van der Waals surface area contributed by atoms with E-state index >= 15 is 0 Å². The van der Waals surface area contributed by atoms with Crippen LogP contribution in [0.15, 0.2) is 41.0 Å². The molecule has 0 saturated heterocycles. The molecule has 1 aromatic heterocycles. The van der Waals surface area contributed by atoms with E-state index < -0.39 is 11.8 Å². The summed E-state index contributed by atoms with van der Waals surface area (Å²) in [5.74, 6) is -0.0988. The van der Waals surface area contributed by atoms with E-state index in [-0.39, 0.29) is 5.69 Å². The summed E-state index contributed by atoms with van der Waals surface area (Å²) in [5.41, 5.74) is 0.994. The first-order valence-electron chi connectivity index (χ1n) is 5.50. The number of carbonyl (C=O) groups excluding carboxylic acids is 1. The largest absolute Gasteiger partial charge is 0.324 e. The van der Waals surface area contributed by atoms with E-state index in [1.54, 1.807) is 30.5 Å². The Labute approximate surface area is 118 Å². The molecule has 6 heteroatoms. The highest BCUT2D eigenvalue weighted by molar-refractivity contribution is 9.10. The molecule has 2 rings (SSSR count). The molecule has 1 heterocycles. The Morgan fingerprint density at radius 3 is 2.74 bits per heavy atom. The van der Waals surface area contributed by atoms with Crippen LogP contribution in [0.1, 0.15) is 5.56 Å². The first-order chi connectivity index (χ1) is 9.04. The van der Waals surface area contributed by atoms with Crippen molar-refractivity contribution in [2.45, 2.75) is 6.92 Å². The molecule has 0 spiro atoms. The quantitative estimate of drug-likeness (QED) is 0.879. The van der Waals surface area contributed by atoms with Gasteiger partial charge >= 0.3 is 6.03 Å². The number of amides is 2. The van der Waals surface area contributed by atoms with Crippen molar-refractivity contribution in [3.63, 3.8) is 0 Å². The van der Waals surface area contributed by atoms with Crippen LogP contribution >= 0.6 is 15.9 Å². The van der Waals surface area contributed by atoms with E-state index in [1.165, 1.54) is 6.07 Å². The average Bonchev–Trinajstić information content (AvgIpc) is 2.37. The van der Waals surface area contributed by atoms with Crippen LogP contribution in [0.25, 0.3) is 0 Å². The minimum atomic E-state index is -0.542. The fourth-order valence-corrected chi connectivity index (χ4v) is 1.69. The van der Waals surface area contributed by atoms with Crippen molar-refractivity contribution in [3.8, 4) is 0 Å². The number of halogens is 2. The summed E-state index contributed by atoms with van der Waals surface area (Å²) in [6.07, 6.45) is 1.56. The van der Waals surface area contributed by atoms with E-state index in [1.807, 2.05) is 6.92 Å². The predicted octanol–water partition coefficient (Wildman–Crippen LogP) is 3.94. The maximum atomic E-state index is 13.5. The highest BCUT2D eigenvalue weighted by atomic mass is 79.9. The summed E-state index contributed by atoms with van der Waals surface area (Å²) in [6.45, 7) is 1.82. The molecule has 0 unspecified atom stereocenters. The zero-order valence-electron chi connectivity index (χ0n) is 10.1. The molecule has 0 bridgehead atoms. The van der Waals surface area contributed by atoms with Crippen molar-refractivity contribution >= 4 is 33.5 Å². The molecule has 0 radical (unpaired) electrons. The normalized spacial score (nSPS) is 10.1. The van der Waals surface area contributed by atoms with Gasteiger partial charge in [0, 0.05) is 10.7 Å². The number of carbonyl (C=O) groups is 1. The van der Waals surface area contributed by atoms with E-state index in [0.29, 0.717) is 5.82 Å². The van der Waals surface area contributed by atoms with Crippen LogP contribution < -0.4 is 10.6 Å². The van der Waals surface area contributed by atoms with Crippen LogP contribution in [0.4, 0.5) is 20.7 Å². The molecule has 98 valence electrons. The smallest absolute Gasteiger partial charge is 0.305 e. The van der Waals surface area contributed by atoms with Crippen LogP contribution in [0.2, 0.25) is 0 Å². The van der Waals surface area contributed by atoms with Gasteiger partial charge in [-0.25, -0.2) is 14.2 Å². The second-order valence-corrected chi connectivity index (χ2v) is 4.84. The molecule has 0 aliphatic carbocycles. The van der Waals surface area contributed by atoms with Gasteiger partial charge in [-0.2, -0.15) is 0 Å². The summed E-state index contributed by atoms with van der Waals surface area (Å²) in [7, 11) is 0. The summed E-state index contributed by atoms with van der Waals surface area (Å²) >= 11 is 3.24. The molecule has 4 nitrogen and oxygen atoms in total. The Hall–Kier alpha value is -1.95. The highest BCUT2D eigenvalue weighted by Gasteiger charge is 2.07. The number of pyridine rings is 1. The molecular formula is C13H11BrFN3O. The Bertz CT molecular complexity index is 601. The SMILES string of the molecule is Cc1ccc(F)c(NC(=O)Nc2ccc(Br)cn2)c1. The van der Waals surface area contributed by atoms with Crippen molar-refractivity contribution in [3.05, 3.63) is 52.4 Å². The Morgan fingerprint density at radius 1 is 1.26 bits per heavy atom. The monoisotopic (exact) mass is 323 g/mol. The number of benzene rings is 1. The molecular weight excluding hydrogens is 313 g/mol. The van der Waals surface area contributed by atoms with E-state index in [9.17, 15) is 9.18 Å². The first-order valence-corrected chi connectivity index (χ1v) is 6.29. The fraction of sp³-hybridized carbons (Fsp3) is 0.0769. The van der Waals surface area contributed by atoms with Crippen molar-refractivity contribution < 1.29 is 9.18 Å². The van der Waals surface area contributed by atoms with Gasteiger partial charge in [-0.15, -0.1) is 0 Å². The number of hydrogen-bond donors (Lipinski definition) is 2. The van der Waals surface area contributed by atoms with Gasteiger partial charge in [0.25, 0.3) is 0 Å². The molecule has 0 saturated carbocycles. The summed E-state index contributed by atoms with van der Waals surface area (Å²) in [5, 5.41) is 4.95. The molecule has 0 aliphatic rings. The fourth-order valence-electron chi connectivity index (χ4n) is 1.45. The summed E-state index contributed by atoms with van der Waals surface area (Å²) in [6, 6.07) is 7.34. The third-order valence-electron chi connectivity index (χ3n) is 2.34. The number of rotatable bonds is 2. The molecule has 2 aromatic rings. The molecule has 1 aromatic carbocycles. The number of aromatic nitrogens is 1. The summed E-state index contributed by atoms with van der Waals surface area (Å²) in [4.78, 5) is 15.7. The van der Waals surface area contributed by atoms with Gasteiger partial charge < -0.3 is 5.32 Å². The van der Waals surface area contributed by atoms with Crippen LogP contribution in [-0.2, 0) is 0 Å². The van der Waals surface area contributed by atoms with Crippen molar-refractivity contribution in [1.29, 1.82) is 0 Å². The van der Waals surface area contributed by atoms with Gasteiger partial charge in [0.2, 0.25) is 0 Å². The van der Waals surface area contributed by atoms with E-state index in [0.717, 1.165) is 10.0 Å². The molecule has 0 atom stereocenters. The number of urea groups is 1. The molecule has 0 fully saturated rings. The van der Waals surface area contributed by atoms with Crippen LogP contribution in [0.3, 0.4) is 0 Å². The predicted molar refractivity (Wildman–Crippen MR) is 75.7 cm³/mol. The van der Waals surface area contributed by atoms with E-state index in [2.05, 4.69) is 31.5 Å². The van der Waals surface area contributed by atoms with Gasteiger partial charge in [0.05, 0.1) is 5.69 Å². The lowest BCUT2D eigenvalue weighted by Crippen LogP contribution is -2.20. The molecule has 2 amide bonds. The second kappa shape index (κ2) is 5.79. The maximum absolute atomic E-state index is 13.5. The Morgan fingerprint density at radius 2 is 2.05 bits per heavy atom. The lowest BCUT2D eigenvalue weighted by Gasteiger charge is -2.08. The maximum Gasteiger partial charge on any atom is 0.324 e. The van der Waals surface area contributed by atoms with Gasteiger partial charge in [-0.3, -0.25) is 5.32 Å². The zero-order chi connectivity index (χ0) is 13.8. The minimum Gasteiger partial charge on any atom is -0.305 e. The van der Waals surface area contributed by atoms with Gasteiger partial charge in [0.1, 0.15) is 11.6 Å². The molecule has 19 heavy (non-hydrogen) atoms. The second-order valence-electron chi connectivity index (χ2n) is 3.92. The Kier molecular flexibility index (Phi) is 4.11. The lowest BCUT2D eigenvalue weighted by molar-refractivity contribution is 0.262. The van der Waals surface area contributed by atoms with Crippen LogP contribution in [0, 0.1) is 12.7 Å². The Balaban J connectivity index is 2.05. The van der Waals surface area contributed by atoms with Gasteiger partial charge in [0.15, 0.2) is 0 Å². The summed E-state index contributed by atoms with van der Waals surface area (Å²) < 4.78 is 14.3. The standard InChI is InChI=1S/C13H11BrFN3O/c1-8-2-4-10(15)11(6-8)17-13(19)18-12-5-3-9(14)7-16-12/h2-7H,1H3,(H2,16,17,18,19).